The van der Waals surface area contributed by atoms with Crippen molar-refractivity contribution in [2.24, 2.45) is 0 Å². The Balaban J connectivity index is 1.91. The highest BCUT2D eigenvalue weighted by Crippen LogP contribution is 2.28. The molecule has 0 bridgehead atoms. The predicted octanol–water partition coefficient (Wildman–Crippen LogP) is 3.36. The van der Waals surface area contributed by atoms with Crippen molar-refractivity contribution in [1.29, 1.82) is 0 Å². The second-order valence-electron chi connectivity index (χ2n) is 4.43. The quantitative estimate of drug-likeness (QED) is 0.789. The third-order valence-corrected chi connectivity index (χ3v) is 3.73. The second kappa shape index (κ2) is 5.44. The molecule has 7 heteroatoms. The lowest BCUT2D eigenvalue weighted by molar-refractivity contribution is -0.0584. The van der Waals surface area contributed by atoms with Crippen molar-refractivity contribution in [2.75, 3.05) is 0 Å². The van der Waals surface area contributed by atoms with Crippen LogP contribution in [0.15, 0.2) is 42.5 Å². The lowest BCUT2D eigenvalue weighted by Crippen LogP contribution is -2.32. The first kappa shape index (κ1) is 14.6. The fourth-order valence-corrected chi connectivity index (χ4v) is 2.62. The van der Waals surface area contributed by atoms with E-state index in [9.17, 15) is 14.4 Å². The van der Waals surface area contributed by atoms with Gasteiger partial charge in [-0.05, 0) is 24.3 Å². The van der Waals surface area contributed by atoms with Gasteiger partial charge in [0.1, 0.15) is 0 Å². The molecule has 1 aliphatic rings. The fraction of sp³-hybridized carbons (Fsp3) is 0. The minimum Gasteiger partial charge on any atom is -0.324 e. The summed E-state index contributed by atoms with van der Waals surface area (Å²) < 4.78 is 0. The van der Waals surface area contributed by atoms with Crippen LogP contribution in [0.3, 0.4) is 0 Å². The van der Waals surface area contributed by atoms with Gasteiger partial charge in [-0.25, -0.2) is 4.79 Å². The molecule has 0 aliphatic carbocycles. The number of hydrogen-bond acceptors (Lipinski definition) is 4. The van der Waals surface area contributed by atoms with Crippen molar-refractivity contribution in [1.82, 2.24) is 5.06 Å². The van der Waals surface area contributed by atoms with E-state index in [4.69, 9.17) is 28.0 Å². The van der Waals surface area contributed by atoms with E-state index in [1.807, 2.05) is 0 Å². The van der Waals surface area contributed by atoms with Crippen LogP contribution in [0.2, 0.25) is 10.0 Å². The Morgan fingerprint density at radius 1 is 0.864 bits per heavy atom. The molecule has 5 nitrogen and oxygen atoms in total. The average molecular weight is 336 g/mol. The molecule has 110 valence electrons. The van der Waals surface area contributed by atoms with Gasteiger partial charge < -0.3 is 4.84 Å². The third kappa shape index (κ3) is 2.24. The van der Waals surface area contributed by atoms with Gasteiger partial charge in [0.05, 0.1) is 26.7 Å². The minimum atomic E-state index is -0.981. The summed E-state index contributed by atoms with van der Waals surface area (Å²) in [6, 6.07) is 10.6. The van der Waals surface area contributed by atoms with Crippen molar-refractivity contribution >= 4 is 41.0 Å². The van der Waals surface area contributed by atoms with E-state index in [2.05, 4.69) is 0 Å². The van der Waals surface area contributed by atoms with Crippen molar-refractivity contribution in [2.45, 2.75) is 0 Å². The summed E-state index contributed by atoms with van der Waals surface area (Å²) in [5.74, 6) is -2.40. The first-order valence-electron chi connectivity index (χ1n) is 6.15. The first-order valence-corrected chi connectivity index (χ1v) is 6.90. The van der Waals surface area contributed by atoms with Crippen LogP contribution in [0, 0.1) is 0 Å². The van der Waals surface area contributed by atoms with Gasteiger partial charge >= 0.3 is 5.97 Å². The Morgan fingerprint density at radius 2 is 1.36 bits per heavy atom. The van der Waals surface area contributed by atoms with Crippen LogP contribution >= 0.6 is 23.2 Å². The fourth-order valence-electron chi connectivity index (χ4n) is 2.07. The van der Waals surface area contributed by atoms with Crippen molar-refractivity contribution in [3.05, 3.63) is 69.2 Å². The number of fused-ring (bicyclic) bond motifs is 1. The number of amides is 2. The Labute approximate surface area is 134 Å². The molecule has 0 atom stereocenters. The topological polar surface area (TPSA) is 63.7 Å². The van der Waals surface area contributed by atoms with E-state index < -0.39 is 17.8 Å². The number of hydroxylamine groups is 2. The summed E-state index contributed by atoms with van der Waals surface area (Å²) in [6.45, 7) is 0. The van der Waals surface area contributed by atoms with E-state index in [0.717, 1.165) is 0 Å². The molecular formula is C15H7Cl2NO4. The number of nitrogens with zero attached hydrogens (tertiary/aromatic N) is 1. The number of imide groups is 1. The molecule has 0 saturated heterocycles. The summed E-state index contributed by atoms with van der Waals surface area (Å²) >= 11 is 11.8. The van der Waals surface area contributed by atoms with Gasteiger partial charge in [-0.1, -0.05) is 46.5 Å². The van der Waals surface area contributed by atoms with Crippen LogP contribution in [0.25, 0.3) is 0 Å². The van der Waals surface area contributed by atoms with Gasteiger partial charge in [0, 0.05) is 0 Å². The summed E-state index contributed by atoms with van der Waals surface area (Å²) in [5.41, 5.74) is 0.235. The van der Waals surface area contributed by atoms with Crippen LogP contribution in [0.5, 0.6) is 0 Å². The SMILES string of the molecule is O=C(ON1C(=O)c2ccccc2C1=O)c1c(Cl)cccc1Cl. The zero-order valence-electron chi connectivity index (χ0n) is 10.9. The predicted molar refractivity (Wildman–Crippen MR) is 78.8 cm³/mol. The van der Waals surface area contributed by atoms with Crippen molar-refractivity contribution in [3.8, 4) is 0 Å². The van der Waals surface area contributed by atoms with E-state index in [-0.39, 0.29) is 26.7 Å². The maximum Gasteiger partial charge on any atom is 0.366 e. The molecule has 2 aromatic carbocycles. The summed E-state index contributed by atoms with van der Waals surface area (Å²) in [7, 11) is 0. The van der Waals surface area contributed by atoms with E-state index in [0.29, 0.717) is 5.06 Å². The van der Waals surface area contributed by atoms with Crippen molar-refractivity contribution in [3.63, 3.8) is 0 Å². The molecule has 0 radical (unpaired) electrons. The smallest absolute Gasteiger partial charge is 0.324 e. The molecule has 1 heterocycles. The van der Waals surface area contributed by atoms with Crippen LogP contribution < -0.4 is 0 Å². The molecule has 0 aromatic heterocycles. The molecular weight excluding hydrogens is 329 g/mol. The highest BCUT2D eigenvalue weighted by molar-refractivity contribution is 6.39. The molecule has 0 spiro atoms. The van der Waals surface area contributed by atoms with Gasteiger partial charge in [-0.2, -0.15) is 0 Å². The van der Waals surface area contributed by atoms with Gasteiger partial charge in [0.2, 0.25) is 0 Å². The molecule has 3 rings (SSSR count). The standard InChI is InChI=1S/C15H7Cl2NO4/c16-10-6-3-7-11(17)12(10)15(21)22-18-13(19)8-4-1-2-5-9(8)14(18)20/h1-7H. The normalized spacial score (nSPS) is 13.3. The van der Waals surface area contributed by atoms with Gasteiger partial charge in [0.15, 0.2) is 0 Å². The van der Waals surface area contributed by atoms with Crippen molar-refractivity contribution < 1.29 is 19.2 Å². The highest BCUT2D eigenvalue weighted by atomic mass is 35.5. The Hall–Kier alpha value is -2.37. The number of carbonyl (C=O) groups excluding carboxylic acids is 3. The molecule has 1 aliphatic heterocycles. The van der Waals surface area contributed by atoms with Crippen LogP contribution in [0.4, 0.5) is 0 Å². The molecule has 2 aromatic rings. The number of rotatable bonds is 2. The molecule has 0 unspecified atom stereocenters. The lowest BCUT2D eigenvalue weighted by atomic mass is 10.1. The zero-order valence-corrected chi connectivity index (χ0v) is 12.4. The number of halogens is 2. The third-order valence-electron chi connectivity index (χ3n) is 3.10. The maximum absolute atomic E-state index is 12.1. The van der Waals surface area contributed by atoms with Gasteiger partial charge in [0.25, 0.3) is 11.8 Å². The largest absolute Gasteiger partial charge is 0.366 e. The zero-order chi connectivity index (χ0) is 15.9. The number of benzene rings is 2. The van der Waals surface area contributed by atoms with Gasteiger partial charge in [-0.15, -0.1) is 0 Å². The Bertz CT molecular complexity index is 764. The Morgan fingerprint density at radius 3 is 1.86 bits per heavy atom. The summed E-state index contributed by atoms with van der Waals surface area (Å²) in [6.07, 6.45) is 0. The molecule has 22 heavy (non-hydrogen) atoms. The summed E-state index contributed by atoms with van der Waals surface area (Å²) in [4.78, 5) is 41.3. The highest BCUT2D eigenvalue weighted by Gasteiger charge is 2.39. The monoisotopic (exact) mass is 335 g/mol. The van der Waals surface area contributed by atoms with Gasteiger partial charge in [-0.3, -0.25) is 9.59 Å². The minimum absolute atomic E-state index is 0.0640. The molecule has 0 N–H and O–H groups in total. The maximum atomic E-state index is 12.1. The second-order valence-corrected chi connectivity index (χ2v) is 5.24. The number of carbonyl (C=O) groups is 3. The number of hydrogen-bond donors (Lipinski definition) is 0. The van der Waals surface area contributed by atoms with E-state index >= 15 is 0 Å². The van der Waals surface area contributed by atoms with Crippen LogP contribution in [-0.2, 0) is 4.84 Å². The van der Waals surface area contributed by atoms with E-state index in [1.165, 1.54) is 24.3 Å². The van der Waals surface area contributed by atoms with Crippen LogP contribution in [-0.4, -0.2) is 22.8 Å². The summed E-state index contributed by atoms with van der Waals surface area (Å²) in [5, 5.41) is 0.537. The lowest BCUT2D eigenvalue weighted by Gasteiger charge is -2.13. The first-order chi connectivity index (χ1) is 10.5. The molecule has 0 fully saturated rings. The molecule has 0 saturated carbocycles. The average Bonchev–Trinajstić information content (AvgIpc) is 2.73. The molecule has 2 amide bonds. The van der Waals surface area contributed by atoms with Crippen LogP contribution in [0.1, 0.15) is 31.1 Å². The Kier molecular flexibility index (Phi) is 3.60. The van der Waals surface area contributed by atoms with E-state index in [1.54, 1.807) is 18.2 Å².